The van der Waals surface area contributed by atoms with Crippen LogP contribution in [0.4, 0.5) is 0 Å². The summed E-state index contributed by atoms with van der Waals surface area (Å²) in [7, 11) is 3.30. The van der Waals surface area contributed by atoms with Crippen molar-refractivity contribution in [3.8, 4) is 0 Å². The third kappa shape index (κ3) is 3.87. The molecule has 1 amide bonds. The molecular weight excluding hydrogens is 196 g/mol. The van der Waals surface area contributed by atoms with Gasteiger partial charge in [-0.2, -0.15) is 0 Å². The van der Waals surface area contributed by atoms with Crippen molar-refractivity contribution in [1.82, 2.24) is 10.2 Å². The van der Waals surface area contributed by atoms with Gasteiger partial charge in [0.25, 0.3) is 0 Å². The van der Waals surface area contributed by atoms with Crippen molar-refractivity contribution in [3.05, 3.63) is 0 Å². The molecule has 0 aromatic carbocycles. The number of carboxylic acid groups (broad SMARTS) is 1. The van der Waals surface area contributed by atoms with Gasteiger partial charge in [-0.25, -0.2) is 4.79 Å². The molecule has 0 heterocycles. The number of nitrogens with zero attached hydrogens (tertiary/aromatic N) is 1. The Labute approximate surface area is 90.5 Å². The molecule has 0 aliphatic heterocycles. The lowest BCUT2D eigenvalue weighted by atomic mass is 10.1. The summed E-state index contributed by atoms with van der Waals surface area (Å²) in [6.07, 6.45) is 0.420. The molecule has 0 rings (SSSR count). The first-order valence-corrected chi connectivity index (χ1v) is 5.09. The van der Waals surface area contributed by atoms with Crippen LogP contribution in [0, 0.1) is 5.92 Å². The topological polar surface area (TPSA) is 69.6 Å². The second kappa shape index (κ2) is 6.40. The van der Waals surface area contributed by atoms with Crippen molar-refractivity contribution < 1.29 is 14.7 Å². The summed E-state index contributed by atoms with van der Waals surface area (Å²) in [5.74, 6) is -1.29. The monoisotopic (exact) mass is 216 g/mol. The Morgan fingerprint density at radius 2 is 2.00 bits per heavy atom. The van der Waals surface area contributed by atoms with Crippen LogP contribution in [-0.4, -0.2) is 48.6 Å². The maximum absolute atomic E-state index is 11.8. The van der Waals surface area contributed by atoms with Crippen molar-refractivity contribution in [3.63, 3.8) is 0 Å². The fraction of sp³-hybridized carbons (Fsp3) is 0.800. The van der Waals surface area contributed by atoms with E-state index in [2.05, 4.69) is 5.32 Å². The zero-order chi connectivity index (χ0) is 12.0. The Morgan fingerprint density at radius 1 is 1.47 bits per heavy atom. The van der Waals surface area contributed by atoms with E-state index in [-0.39, 0.29) is 11.8 Å². The minimum atomic E-state index is -0.954. The zero-order valence-electron chi connectivity index (χ0n) is 9.78. The maximum atomic E-state index is 11.8. The molecule has 5 heteroatoms. The maximum Gasteiger partial charge on any atom is 0.326 e. The van der Waals surface area contributed by atoms with E-state index in [0.29, 0.717) is 13.0 Å². The van der Waals surface area contributed by atoms with Crippen LogP contribution in [-0.2, 0) is 9.59 Å². The normalized spacial score (nSPS) is 14.4. The smallest absolute Gasteiger partial charge is 0.326 e. The number of amides is 1. The molecule has 5 nitrogen and oxygen atoms in total. The van der Waals surface area contributed by atoms with E-state index in [1.807, 2.05) is 0 Å². The highest BCUT2D eigenvalue weighted by molar-refractivity contribution is 5.84. The van der Waals surface area contributed by atoms with Crippen LogP contribution in [0.5, 0.6) is 0 Å². The van der Waals surface area contributed by atoms with Gasteiger partial charge in [-0.3, -0.25) is 4.79 Å². The van der Waals surface area contributed by atoms with Crippen LogP contribution in [0.15, 0.2) is 0 Å². The molecule has 0 saturated heterocycles. The van der Waals surface area contributed by atoms with Crippen LogP contribution >= 0.6 is 0 Å². The Morgan fingerprint density at radius 3 is 2.33 bits per heavy atom. The lowest BCUT2D eigenvalue weighted by molar-refractivity contribution is -0.150. The summed E-state index contributed by atoms with van der Waals surface area (Å²) in [6.45, 7) is 4.09. The molecular formula is C10H20N2O3. The summed E-state index contributed by atoms with van der Waals surface area (Å²) in [5.41, 5.74) is 0. The fourth-order valence-corrected chi connectivity index (χ4v) is 1.51. The van der Waals surface area contributed by atoms with E-state index in [9.17, 15) is 9.59 Å². The molecule has 0 fully saturated rings. The van der Waals surface area contributed by atoms with Gasteiger partial charge in [0.05, 0.1) is 0 Å². The van der Waals surface area contributed by atoms with Crippen LogP contribution in [0.2, 0.25) is 0 Å². The molecule has 0 aromatic rings. The summed E-state index contributed by atoms with van der Waals surface area (Å²) >= 11 is 0. The van der Waals surface area contributed by atoms with Crippen molar-refractivity contribution in [2.75, 3.05) is 20.6 Å². The molecule has 88 valence electrons. The summed E-state index contributed by atoms with van der Waals surface area (Å²) in [6, 6.07) is -0.725. The van der Waals surface area contributed by atoms with Crippen LogP contribution < -0.4 is 5.32 Å². The molecule has 0 aliphatic carbocycles. The van der Waals surface area contributed by atoms with E-state index in [0.717, 1.165) is 0 Å². The van der Waals surface area contributed by atoms with Gasteiger partial charge in [0.1, 0.15) is 6.04 Å². The van der Waals surface area contributed by atoms with Gasteiger partial charge in [-0.05, 0) is 13.5 Å². The molecule has 0 aromatic heterocycles. The number of rotatable bonds is 6. The van der Waals surface area contributed by atoms with Gasteiger partial charge < -0.3 is 15.3 Å². The molecule has 2 atom stereocenters. The predicted octanol–water partition coefficient (Wildman–Crippen LogP) is 0.164. The SMILES string of the molecule is CCC(C(=O)O)N(C)C(=O)C(C)CNC. The number of carboxylic acids is 1. The first-order chi connectivity index (χ1) is 6.95. The second-order valence-corrected chi connectivity index (χ2v) is 3.67. The molecule has 0 spiro atoms. The average Bonchev–Trinajstić information content (AvgIpc) is 2.17. The lowest BCUT2D eigenvalue weighted by Gasteiger charge is -2.26. The number of hydrogen-bond donors (Lipinski definition) is 2. The Bertz CT molecular complexity index is 231. The number of aliphatic carboxylic acids is 1. The molecule has 2 unspecified atom stereocenters. The minimum absolute atomic E-state index is 0.140. The van der Waals surface area contributed by atoms with Gasteiger partial charge in [0, 0.05) is 19.5 Å². The third-order valence-electron chi connectivity index (χ3n) is 2.42. The van der Waals surface area contributed by atoms with Crippen molar-refractivity contribution in [2.24, 2.45) is 5.92 Å². The zero-order valence-corrected chi connectivity index (χ0v) is 9.78. The quantitative estimate of drug-likeness (QED) is 0.663. The van der Waals surface area contributed by atoms with E-state index in [4.69, 9.17) is 5.11 Å². The molecule has 0 aliphatic rings. The Hall–Kier alpha value is -1.10. The van der Waals surface area contributed by atoms with Crippen LogP contribution in [0.1, 0.15) is 20.3 Å². The fourth-order valence-electron chi connectivity index (χ4n) is 1.51. The largest absolute Gasteiger partial charge is 0.480 e. The van der Waals surface area contributed by atoms with Crippen LogP contribution in [0.3, 0.4) is 0 Å². The molecule has 2 N–H and O–H groups in total. The van der Waals surface area contributed by atoms with Crippen molar-refractivity contribution in [1.29, 1.82) is 0 Å². The third-order valence-corrected chi connectivity index (χ3v) is 2.42. The van der Waals surface area contributed by atoms with Crippen molar-refractivity contribution in [2.45, 2.75) is 26.3 Å². The van der Waals surface area contributed by atoms with Gasteiger partial charge in [0.2, 0.25) is 5.91 Å². The molecule has 0 bridgehead atoms. The van der Waals surface area contributed by atoms with Gasteiger partial charge in [-0.15, -0.1) is 0 Å². The summed E-state index contributed by atoms with van der Waals surface area (Å²) < 4.78 is 0. The van der Waals surface area contributed by atoms with Crippen molar-refractivity contribution >= 4 is 11.9 Å². The van der Waals surface area contributed by atoms with E-state index < -0.39 is 12.0 Å². The van der Waals surface area contributed by atoms with E-state index >= 15 is 0 Å². The number of carbonyl (C=O) groups is 2. The lowest BCUT2D eigenvalue weighted by Crippen LogP contribution is -2.45. The van der Waals surface area contributed by atoms with Gasteiger partial charge in [0.15, 0.2) is 0 Å². The average molecular weight is 216 g/mol. The van der Waals surface area contributed by atoms with E-state index in [1.165, 1.54) is 11.9 Å². The first-order valence-electron chi connectivity index (χ1n) is 5.09. The second-order valence-electron chi connectivity index (χ2n) is 3.67. The van der Waals surface area contributed by atoms with E-state index in [1.54, 1.807) is 20.9 Å². The highest BCUT2D eigenvalue weighted by atomic mass is 16.4. The Kier molecular flexibility index (Phi) is 5.93. The number of nitrogens with one attached hydrogen (secondary N) is 1. The predicted molar refractivity (Wildman–Crippen MR) is 57.6 cm³/mol. The highest BCUT2D eigenvalue weighted by Gasteiger charge is 2.27. The Balaban J connectivity index is 4.47. The molecule has 0 saturated carbocycles. The number of hydrogen-bond acceptors (Lipinski definition) is 3. The van der Waals surface area contributed by atoms with Gasteiger partial charge >= 0.3 is 5.97 Å². The van der Waals surface area contributed by atoms with Crippen LogP contribution in [0.25, 0.3) is 0 Å². The van der Waals surface area contributed by atoms with Gasteiger partial charge in [-0.1, -0.05) is 13.8 Å². The number of likely N-dealkylation sites (N-methyl/N-ethyl adjacent to an activating group) is 1. The minimum Gasteiger partial charge on any atom is -0.480 e. The summed E-state index contributed by atoms with van der Waals surface area (Å²) in [5, 5.41) is 11.8. The molecule has 0 radical (unpaired) electrons. The first kappa shape index (κ1) is 13.9. The number of carbonyl (C=O) groups excluding carboxylic acids is 1. The highest BCUT2D eigenvalue weighted by Crippen LogP contribution is 2.07. The standard InChI is InChI=1S/C10H20N2O3/c1-5-8(10(14)15)12(4)9(13)7(2)6-11-3/h7-8,11H,5-6H2,1-4H3,(H,14,15). The summed E-state index contributed by atoms with van der Waals surface area (Å²) in [4.78, 5) is 23.9. The molecule has 15 heavy (non-hydrogen) atoms.